The van der Waals surface area contributed by atoms with E-state index in [0.717, 1.165) is 18.8 Å². The molecular formula is C17H25ClN4O2. The van der Waals surface area contributed by atoms with Crippen molar-refractivity contribution in [2.75, 3.05) is 37.6 Å². The minimum absolute atomic E-state index is 0.00832. The molecule has 1 aliphatic heterocycles. The van der Waals surface area contributed by atoms with Crippen LogP contribution < -0.4 is 16.0 Å². The number of piperazine rings is 1. The van der Waals surface area contributed by atoms with Gasteiger partial charge in [0.2, 0.25) is 11.8 Å². The van der Waals surface area contributed by atoms with Crippen molar-refractivity contribution in [2.24, 2.45) is 5.73 Å². The molecule has 1 aromatic carbocycles. The molecular weight excluding hydrogens is 328 g/mol. The van der Waals surface area contributed by atoms with E-state index in [9.17, 15) is 9.59 Å². The maximum atomic E-state index is 12.2. The van der Waals surface area contributed by atoms with Gasteiger partial charge < -0.3 is 20.9 Å². The van der Waals surface area contributed by atoms with E-state index in [1.165, 1.54) is 0 Å². The summed E-state index contributed by atoms with van der Waals surface area (Å²) >= 11 is 6.02. The standard InChI is InChI=1S/C17H25ClN4O2/c1-13(19)5-6-16(23)20-12-17(24)22-9-7-21(8-10-22)15-4-2-3-14(18)11-15/h2-4,11,13H,5-10,12,19H2,1H3,(H,20,23). The molecule has 0 bridgehead atoms. The quantitative estimate of drug-likeness (QED) is 0.807. The number of hydrogen-bond acceptors (Lipinski definition) is 4. The summed E-state index contributed by atoms with van der Waals surface area (Å²) in [6, 6.07) is 7.71. The van der Waals surface area contributed by atoms with Crippen molar-refractivity contribution < 1.29 is 9.59 Å². The highest BCUT2D eigenvalue weighted by Crippen LogP contribution is 2.20. The van der Waals surface area contributed by atoms with Gasteiger partial charge in [0, 0.05) is 49.4 Å². The van der Waals surface area contributed by atoms with Crippen molar-refractivity contribution in [3.05, 3.63) is 29.3 Å². The molecule has 1 unspecified atom stereocenters. The molecule has 132 valence electrons. The number of carbonyl (C=O) groups is 2. The molecule has 3 N–H and O–H groups in total. The topological polar surface area (TPSA) is 78.7 Å². The number of carbonyl (C=O) groups excluding carboxylic acids is 2. The van der Waals surface area contributed by atoms with Gasteiger partial charge >= 0.3 is 0 Å². The molecule has 0 radical (unpaired) electrons. The van der Waals surface area contributed by atoms with E-state index in [1.54, 1.807) is 4.90 Å². The van der Waals surface area contributed by atoms with Crippen molar-refractivity contribution in [1.29, 1.82) is 0 Å². The van der Waals surface area contributed by atoms with Crippen LogP contribution in [0.3, 0.4) is 0 Å². The lowest BCUT2D eigenvalue weighted by Gasteiger charge is -2.36. The van der Waals surface area contributed by atoms with Crippen LogP contribution in [-0.4, -0.2) is 55.5 Å². The van der Waals surface area contributed by atoms with E-state index >= 15 is 0 Å². The Bertz CT molecular complexity index is 571. The zero-order valence-electron chi connectivity index (χ0n) is 14.0. The second-order valence-corrected chi connectivity index (χ2v) is 6.58. The third-order valence-corrected chi connectivity index (χ3v) is 4.30. The predicted octanol–water partition coefficient (Wildman–Crippen LogP) is 1.23. The van der Waals surface area contributed by atoms with Crippen molar-refractivity contribution in [3.8, 4) is 0 Å². The number of nitrogens with zero attached hydrogens (tertiary/aromatic N) is 2. The van der Waals surface area contributed by atoms with E-state index in [-0.39, 0.29) is 24.4 Å². The van der Waals surface area contributed by atoms with Crippen molar-refractivity contribution in [1.82, 2.24) is 10.2 Å². The number of hydrogen-bond donors (Lipinski definition) is 2. The first-order chi connectivity index (χ1) is 11.5. The van der Waals surface area contributed by atoms with Gasteiger partial charge in [-0.15, -0.1) is 0 Å². The van der Waals surface area contributed by atoms with Gasteiger partial charge in [-0.3, -0.25) is 9.59 Å². The van der Waals surface area contributed by atoms with Gasteiger partial charge in [-0.2, -0.15) is 0 Å². The fraction of sp³-hybridized carbons (Fsp3) is 0.529. The largest absolute Gasteiger partial charge is 0.368 e. The zero-order chi connectivity index (χ0) is 17.5. The van der Waals surface area contributed by atoms with Crippen LogP contribution in [0.5, 0.6) is 0 Å². The van der Waals surface area contributed by atoms with Gasteiger partial charge in [-0.25, -0.2) is 0 Å². The first-order valence-electron chi connectivity index (χ1n) is 8.26. The molecule has 0 aliphatic carbocycles. The Morgan fingerprint density at radius 2 is 2.00 bits per heavy atom. The van der Waals surface area contributed by atoms with Gasteiger partial charge in [0.1, 0.15) is 0 Å². The SMILES string of the molecule is CC(N)CCC(=O)NCC(=O)N1CCN(c2cccc(Cl)c2)CC1. The van der Waals surface area contributed by atoms with Gasteiger partial charge in [0.25, 0.3) is 0 Å². The second kappa shape index (κ2) is 8.89. The summed E-state index contributed by atoms with van der Waals surface area (Å²) in [5, 5.41) is 3.38. The van der Waals surface area contributed by atoms with Gasteiger partial charge in [-0.1, -0.05) is 17.7 Å². The summed E-state index contributed by atoms with van der Waals surface area (Å²) in [5.74, 6) is -0.173. The highest BCUT2D eigenvalue weighted by atomic mass is 35.5. The molecule has 2 rings (SSSR count). The van der Waals surface area contributed by atoms with Gasteiger partial charge in [-0.05, 0) is 31.5 Å². The summed E-state index contributed by atoms with van der Waals surface area (Å²) in [5.41, 5.74) is 6.68. The van der Waals surface area contributed by atoms with Crippen molar-refractivity contribution >= 4 is 29.1 Å². The summed E-state index contributed by atoms with van der Waals surface area (Å²) < 4.78 is 0. The van der Waals surface area contributed by atoms with E-state index in [4.69, 9.17) is 17.3 Å². The molecule has 1 aromatic rings. The van der Waals surface area contributed by atoms with Crippen molar-refractivity contribution in [3.63, 3.8) is 0 Å². The minimum atomic E-state index is -0.127. The molecule has 0 saturated carbocycles. The third kappa shape index (κ3) is 5.69. The summed E-state index contributed by atoms with van der Waals surface area (Å²) in [6.45, 7) is 4.70. The Kier molecular flexibility index (Phi) is 6.87. The molecule has 7 heteroatoms. The smallest absolute Gasteiger partial charge is 0.242 e. The number of nitrogens with one attached hydrogen (secondary N) is 1. The highest BCUT2D eigenvalue weighted by molar-refractivity contribution is 6.30. The van der Waals surface area contributed by atoms with Crippen LogP contribution >= 0.6 is 11.6 Å². The Hall–Kier alpha value is -1.79. The Labute approximate surface area is 147 Å². The maximum absolute atomic E-state index is 12.2. The normalized spacial score (nSPS) is 16.0. The van der Waals surface area contributed by atoms with Crippen LogP contribution in [-0.2, 0) is 9.59 Å². The van der Waals surface area contributed by atoms with Crippen LogP contribution in [0.15, 0.2) is 24.3 Å². The lowest BCUT2D eigenvalue weighted by atomic mass is 10.2. The molecule has 6 nitrogen and oxygen atoms in total. The van der Waals surface area contributed by atoms with Crippen LogP contribution in [0.2, 0.25) is 5.02 Å². The fourth-order valence-electron chi connectivity index (χ4n) is 2.62. The Morgan fingerprint density at radius 1 is 1.29 bits per heavy atom. The number of halogens is 1. The monoisotopic (exact) mass is 352 g/mol. The van der Waals surface area contributed by atoms with Crippen LogP contribution in [0.1, 0.15) is 19.8 Å². The third-order valence-electron chi connectivity index (χ3n) is 4.07. The van der Waals surface area contributed by atoms with E-state index < -0.39 is 0 Å². The average molecular weight is 353 g/mol. The van der Waals surface area contributed by atoms with E-state index in [0.29, 0.717) is 31.0 Å². The minimum Gasteiger partial charge on any atom is -0.368 e. The molecule has 1 saturated heterocycles. The van der Waals surface area contributed by atoms with Gasteiger partial charge in [0.15, 0.2) is 0 Å². The van der Waals surface area contributed by atoms with E-state index in [2.05, 4.69) is 10.2 Å². The molecule has 1 atom stereocenters. The maximum Gasteiger partial charge on any atom is 0.242 e. The number of rotatable bonds is 6. The lowest BCUT2D eigenvalue weighted by molar-refractivity contribution is -0.133. The molecule has 0 spiro atoms. The van der Waals surface area contributed by atoms with Gasteiger partial charge in [0.05, 0.1) is 6.54 Å². The highest BCUT2D eigenvalue weighted by Gasteiger charge is 2.21. The first kappa shape index (κ1) is 18.5. The summed E-state index contributed by atoms with van der Waals surface area (Å²) in [4.78, 5) is 27.8. The van der Waals surface area contributed by atoms with Crippen LogP contribution in [0, 0.1) is 0 Å². The molecule has 1 heterocycles. The molecule has 24 heavy (non-hydrogen) atoms. The van der Waals surface area contributed by atoms with Crippen molar-refractivity contribution in [2.45, 2.75) is 25.8 Å². The molecule has 1 aliphatic rings. The van der Waals surface area contributed by atoms with Crippen LogP contribution in [0.4, 0.5) is 5.69 Å². The average Bonchev–Trinajstić information content (AvgIpc) is 2.58. The lowest BCUT2D eigenvalue weighted by Crippen LogP contribution is -2.51. The fourth-order valence-corrected chi connectivity index (χ4v) is 2.80. The predicted molar refractivity (Wildman–Crippen MR) is 96.1 cm³/mol. The summed E-state index contributed by atoms with van der Waals surface area (Å²) in [6.07, 6.45) is 0.978. The number of nitrogens with two attached hydrogens (primary N) is 1. The number of benzene rings is 1. The number of anilines is 1. The summed E-state index contributed by atoms with van der Waals surface area (Å²) in [7, 11) is 0. The number of amides is 2. The molecule has 1 fully saturated rings. The van der Waals surface area contributed by atoms with Crippen LogP contribution in [0.25, 0.3) is 0 Å². The van der Waals surface area contributed by atoms with E-state index in [1.807, 2.05) is 31.2 Å². The Balaban J connectivity index is 1.73. The second-order valence-electron chi connectivity index (χ2n) is 6.14. The zero-order valence-corrected chi connectivity index (χ0v) is 14.8. The molecule has 0 aromatic heterocycles. The molecule has 2 amide bonds. The Morgan fingerprint density at radius 3 is 2.62 bits per heavy atom. The first-order valence-corrected chi connectivity index (χ1v) is 8.64.